The summed E-state index contributed by atoms with van der Waals surface area (Å²) in [6.45, 7) is 9.39. The van der Waals surface area contributed by atoms with Crippen molar-refractivity contribution in [1.29, 1.82) is 0 Å². The minimum atomic E-state index is 0.597. The van der Waals surface area contributed by atoms with Crippen LogP contribution >= 0.6 is 0 Å². The van der Waals surface area contributed by atoms with Crippen molar-refractivity contribution in [2.75, 3.05) is 31.6 Å². The normalized spacial score (nSPS) is 14.7. The van der Waals surface area contributed by atoms with Crippen molar-refractivity contribution in [3.8, 4) is 11.1 Å². The summed E-state index contributed by atoms with van der Waals surface area (Å²) in [6, 6.07) is 12.8. The van der Waals surface area contributed by atoms with Crippen LogP contribution in [0.2, 0.25) is 0 Å². The first-order chi connectivity index (χ1) is 15.7. The molecular formula is C25H28N6O. The molecule has 4 aromatic rings. The van der Waals surface area contributed by atoms with Crippen LogP contribution in [0.25, 0.3) is 22.0 Å². The number of rotatable bonds is 6. The third kappa shape index (κ3) is 4.64. The summed E-state index contributed by atoms with van der Waals surface area (Å²) < 4.78 is 7.46. The lowest BCUT2D eigenvalue weighted by atomic mass is 10.0. The van der Waals surface area contributed by atoms with Gasteiger partial charge < -0.3 is 10.1 Å². The minimum absolute atomic E-state index is 0.597. The topological polar surface area (TPSA) is 68.1 Å². The number of aryl methyl sites for hydroxylation is 2. The van der Waals surface area contributed by atoms with Gasteiger partial charge in [-0.15, -0.1) is 0 Å². The lowest BCUT2D eigenvalue weighted by Gasteiger charge is -2.27. The number of aromatic nitrogens is 4. The van der Waals surface area contributed by atoms with Gasteiger partial charge in [0.25, 0.3) is 0 Å². The van der Waals surface area contributed by atoms with Crippen LogP contribution in [-0.4, -0.2) is 51.0 Å². The Hall–Kier alpha value is -3.29. The lowest BCUT2D eigenvalue weighted by molar-refractivity contribution is 0.0342. The molecule has 0 bridgehead atoms. The molecule has 0 radical (unpaired) electrons. The summed E-state index contributed by atoms with van der Waals surface area (Å²) >= 11 is 0. The molecule has 2 aromatic heterocycles. The summed E-state index contributed by atoms with van der Waals surface area (Å²) in [5, 5.41) is 8.93. The summed E-state index contributed by atoms with van der Waals surface area (Å²) in [5.74, 6) is 0.597. The average molecular weight is 429 g/mol. The fourth-order valence-electron chi connectivity index (χ4n) is 4.07. The van der Waals surface area contributed by atoms with Crippen LogP contribution in [0.15, 0.2) is 55.0 Å². The highest BCUT2D eigenvalue weighted by Gasteiger charge is 2.13. The number of hydrogen-bond acceptors (Lipinski definition) is 6. The third-order valence-electron chi connectivity index (χ3n) is 5.78. The molecule has 0 atom stereocenters. The molecule has 0 aliphatic carbocycles. The molecule has 32 heavy (non-hydrogen) atoms. The standard InChI is InChI=1S/C25H28N6O/c1-3-31-17-22(15-27-31)20-11-19(16-30-6-8-32-9-7-30)12-23(13-20)28-25-26-14-21-10-18(2)4-5-24(21)29-25/h4-5,10-15,17H,3,6-9,16H2,1-2H3,(H,26,28,29). The molecule has 1 N–H and O–H groups in total. The average Bonchev–Trinajstić information content (AvgIpc) is 3.29. The number of anilines is 2. The third-order valence-corrected chi connectivity index (χ3v) is 5.78. The maximum absolute atomic E-state index is 5.51. The molecule has 7 nitrogen and oxygen atoms in total. The van der Waals surface area contributed by atoms with E-state index in [9.17, 15) is 0 Å². The Labute approximate surface area is 188 Å². The molecule has 0 unspecified atom stereocenters. The van der Waals surface area contributed by atoms with Gasteiger partial charge in [0.05, 0.1) is 24.9 Å². The molecule has 3 heterocycles. The van der Waals surface area contributed by atoms with Crippen molar-refractivity contribution in [2.45, 2.75) is 26.9 Å². The Kier molecular flexibility index (Phi) is 5.83. The fourth-order valence-corrected chi connectivity index (χ4v) is 4.07. The zero-order valence-corrected chi connectivity index (χ0v) is 18.6. The molecule has 0 saturated carbocycles. The molecule has 7 heteroatoms. The first-order valence-electron chi connectivity index (χ1n) is 11.1. The van der Waals surface area contributed by atoms with Crippen molar-refractivity contribution in [1.82, 2.24) is 24.6 Å². The summed E-state index contributed by atoms with van der Waals surface area (Å²) in [7, 11) is 0. The number of hydrogen-bond donors (Lipinski definition) is 1. The Morgan fingerprint density at radius 3 is 2.72 bits per heavy atom. The molecule has 0 amide bonds. The molecule has 2 aromatic carbocycles. The summed E-state index contributed by atoms with van der Waals surface area (Å²) in [6.07, 6.45) is 5.89. The molecule has 0 spiro atoms. The van der Waals surface area contributed by atoms with Crippen LogP contribution < -0.4 is 5.32 Å². The van der Waals surface area contributed by atoms with E-state index in [2.05, 4.69) is 70.7 Å². The van der Waals surface area contributed by atoms with Crippen molar-refractivity contribution in [2.24, 2.45) is 0 Å². The Morgan fingerprint density at radius 1 is 1.03 bits per heavy atom. The van der Waals surface area contributed by atoms with Crippen LogP contribution in [0, 0.1) is 6.92 Å². The number of fused-ring (bicyclic) bond motifs is 1. The maximum atomic E-state index is 5.51. The van der Waals surface area contributed by atoms with Gasteiger partial charge in [-0.3, -0.25) is 9.58 Å². The molecular weight excluding hydrogens is 400 g/mol. The number of nitrogens with zero attached hydrogens (tertiary/aromatic N) is 5. The van der Waals surface area contributed by atoms with E-state index in [1.165, 1.54) is 11.1 Å². The molecule has 1 saturated heterocycles. The van der Waals surface area contributed by atoms with E-state index >= 15 is 0 Å². The predicted octanol–water partition coefficient (Wildman–Crippen LogP) is 4.40. The van der Waals surface area contributed by atoms with Crippen molar-refractivity contribution in [3.63, 3.8) is 0 Å². The molecule has 164 valence electrons. The number of benzene rings is 2. The van der Waals surface area contributed by atoms with Gasteiger partial charge in [-0.1, -0.05) is 11.6 Å². The molecule has 1 fully saturated rings. The summed E-state index contributed by atoms with van der Waals surface area (Å²) in [4.78, 5) is 11.7. The Bertz CT molecular complexity index is 1230. The van der Waals surface area contributed by atoms with Crippen LogP contribution in [0.1, 0.15) is 18.1 Å². The van der Waals surface area contributed by atoms with E-state index in [0.717, 1.165) is 67.1 Å². The smallest absolute Gasteiger partial charge is 0.227 e. The molecule has 1 aliphatic heterocycles. The highest BCUT2D eigenvalue weighted by atomic mass is 16.5. The van der Waals surface area contributed by atoms with Crippen molar-refractivity contribution < 1.29 is 4.74 Å². The quantitative estimate of drug-likeness (QED) is 0.491. The van der Waals surface area contributed by atoms with Crippen LogP contribution in [0.5, 0.6) is 0 Å². The largest absolute Gasteiger partial charge is 0.379 e. The van der Waals surface area contributed by atoms with E-state index in [4.69, 9.17) is 9.72 Å². The number of morpholine rings is 1. The molecule has 5 rings (SSSR count). The summed E-state index contributed by atoms with van der Waals surface area (Å²) in [5.41, 5.74) is 6.59. The second-order valence-corrected chi connectivity index (χ2v) is 8.27. The van der Waals surface area contributed by atoms with Gasteiger partial charge in [0.2, 0.25) is 5.95 Å². The predicted molar refractivity (Wildman–Crippen MR) is 127 cm³/mol. The Morgan fingerprint density at radius 2 is 1.91 bits per heavy atom. The minimum Gasteiger partial charge on any atom is -0.379 e. The van der Waals surface area contributed by atoms with Gasteiger partial charge in [0, 0.05) is 55.2 Å². The van der Waals surface area contributed by atoms with E-state index in [1.807, 2.05) is 23.1 Å². The number of ether oxygens (including phenoxy) is 1. The highest BCUT2D eigenvalue weighted by Crippen LogP contribution is 2.27. The van der Waals surface area contributed by atoms with Crippen LogP contribution in [0.3, 0.4) is 0 Å². The number of nitrogens with one attached hydrogen (secondary N) is 1. The van der Waals surface area contributed by atoms with E-state index in [0.29, 0.717) is 5.95 Å². The zero-order valence-electron chi connectivity index (χ0n) is 18.6. The van der Waals surface area contributed by atoms with Crippen molar-refractivity contribution in [3.05, 3.63) is 66.1 Å². The van der Waals surface area contributed by atoms with Gasteiger partial charge >= 0.3 is 0 Å². The van der Waals surface area contributed by atoms with E-state index < -0.39 is 0 Å². The van der Waals surface area contributed by atoms with Gasteiger partial charge in [-0.2, -0.15) is 5.10 Å². The van der Waals surface area contributed by atoms with Crippen LogP contribution in [-0.2, 0) is 17.8 Å². The monoisotopic (exact) mass is 428 g/mol. The van der Waals surface area contributed by atoms with Crippen molar-refractivity contribution >= 4 is 22.5 Å². The van der Waals surface area contributed by atoms with Gasteiger partial charge in [0.1, 0.15) is 0 Å². The van der Waals surface area contributed by atoms with Gasteiger partial charge in [-0.25, -0.2) is 9.97 Å². The van der Waals surface area contributed by atoms with Gasteiger partial charge in [-0.05, 0) is 55.3 Å². The maximum Gasteiger partial charge on any atom is 0.227 e. The van der Waals surface area contributed by atoms with E-state index in [1.54, 1.807) is 0 Å². The lowest BCUT2D eigenvalue weighted by Crippen LogP contribution is -2.35. The second-order valence-electron chi connectivity index (χ2n) is 8.27. The molecule has 1 aliphatic rings. The SMILES string of the molecule is CCn1cc(-c2cc(CN3CCOCC3)cc(Nc3ncc4cc(C)ccc4n3)c2)cn1. The first kappa shape index (κ1) is 20.6. The zero-order chi connectivity index (χ0) is 21.9. The fraction of sp³-hybridized carbons (Fsp3) is 0.320. The Balaban J connectivity index is 1.47. The highest BCUT2D eigenvalue weighted by molar-refractivity contribution is 5.80. The van der Waals surface area contributed by atoms with Crippen LogP contribution in [0.4, 0.5) is 11.6 Å². The first-order valence-corrected chi connectivity index (χ1v) is 11.1. The second kappa shape index (κ2) is 9.06. The van der Waals surface area contributed by atoms with E-state index in [-0.39, 0.29) is 0 Å². The van der Waals surface area contributed by atoms with Gasteiger partial charge in [0.15, 0.2) is 0 Å².